The van der Waals surface area contributed by atoms with Gasteiger partial charge in [0.1, 0.15) is 11.1 Å². The molecule has 0 bridgehead atoms. The summed E-state index contributed by atoms with van der Waals surface area (Å²) in [5.41, 5.74) is 6.98. The Hall–Kier alpha value is -3.92. The average molecular weight is 542 g/mol. The van der Waals surface area contributed by atoms with Crippen molar-refractivity contribution in [3.05, 3.63) is 70.8 Å². The van der Waals surface area contributed by atoms with Crippen molar-refractivity contribution in [1.29, 1.82) is 0 Å². The molecule has 1 aliphatic rings. The average Bonchev–Trinajstić information content (AvgIpc) is 3.67. The second-order valence-corrected chi connectivity index (χ2v) is 10.4. The molecule has 39 heavy (non-hydrogen) atoms. The quantitative estimate of drug-likeness (QED) is 0.349. The van der Waals surface area contributed by atoms with Gasteiger partial charge in [-0.3, -0.25) is 4.79 Å². The minimum atomic E-state index is -0.900. The standard InChI is InChI=1S/C19H26N2O5.C10H13NO2/c1-12(13-6-8-14(9-7-13)15(22)25-5)20-16(23)19(10-11-19)21-17(24)26-18(2,3)4;1-7(11)8-3-5-9(6-4-8)10(12)13-2/h6-9,12H,10-11H2,1-5H3,(H,20,23)(H,21,24);3-7H,11H2,1-2H3/t12-;7-/m11/s1. The Bertz CT molecular complexity index is 1150. The zero-order valence-electron chi connectivity index (χ0n) is 23.6. The Balaban J connectivity index is 0.000000344. The number of hydrogen-bond acceptors (Lipinski definition) is 8. The van der Waals surface area contributed by atoms with E-state index >= 15 is 0 Å². The molecule has 0 aromatic heterocycles. The van der Waals surface area contributed by atoms with E-state index < -0.39 is 23.2 Å². The SMILES string of the molecule is COC(=O)c1ccc([C@@H](C)N)cc1.COC(=O)c1ccc([C@@H](C)NC(=O)C2(NC(=O)OC(C)(C)C)CC2)cc1. The van der Waals surface area contributed by atoms with Crippen LogP contribution in [0.25, 0.3) is 0 Å². The number of carbonyl (C=O) groups excluding carboxylic acids is 4. The Morgan fingerprint density at radius 2 is 1.26 bits per heavy atom. The van der Waals surface area contributed by atoms with Gasteiger partial charge in [0.2, 0.25) is 5.91 Å². The summed E-state index contributed by atoms with van der Waals surface area (Å²) >= 11 is 0. The highest BCUT2D eigenvalue weighted by Gasteiger charge is 2.52. The fraction of sp³-hybridized carbons (Fsp3) is 0.448. The maximum absolute atomic E-state index is 12.6. The third-order valence-corrected chi connectivity index (χ3v) is 5.96. The highest BCUT2D eigenvalue weighted by atomic mass is 16.6. The molecule has 1 aliphatic carbocycles. The van der Waals surface area contributed by atoms with E-state index in [9.17, 15) is 19.2 Å². The smallest absolute Gasteiger partial charge is 0.408 e. The van der Waals surface area contributed by atoms with E-state index in [0.717, 1.165) is 11.1 Å². The largest absolute Gasteiger partial charge is 0.465 e. The number of amides is 2. The predicted octanol–water partition coefficient (Wildman–Crippen LogP) is 4.20. The molecule has 0 radical (unpaired) electrons. The molecule has 2 aromatic carbocycles. The van der Waals surface area contributed by atoms with E-state index in [2.05, 4.69) is 20.1 Å². The molecule has 3 rings (SSSR count). The van der Waals surface area contributed by atoms with Crippen LogP contribution in [0.4, 0.5) is 4.79 Å². The van der Waals surface area contributed by atoms with Crippen molar-refractivity contribution in [1.82, 2.24) is 10.6 Å². The van der Waals surface area contributed by atoms with Crippen LogP contribution in [0, 0.1) is 0 Å². The number of ether oxygens (including phenoxy) is 3. The van der Waals surface area contributed by atoms with Crippen molar-refractivity contribution in [2.75, 3.05) is 14.2 Å². The van der Waals surface area contributed by atoms with Crippen LogP contribution in [-0.4, -0.2) is 49.3 Å². The van der Waals surface area contributed by atoms with Crippen LogP contribution in [0.1, 0.15) is 91.4 Å². The number of methoxy groups -OCH3 is 2. The first-order chi connectivity index (χ1) is 18.2. The number of nitrogens with two attached hydrogens (primary N) is 1. The van der Waals surface area contributed by atoms with Crippen LogP contribution >= 0.6 is 0 Å². The molecule has 2 atom stereocenters. The van der Waals surface area contributed by atoms with Gasteiger partial charge in [0.05, 0.1) is 31.4 Å². The summed E-state index contributed by atoms with van der Waals surface area (Å²) in [5.74, 6) is -0.976. The Morgan fingerprint density at radius 3 is 1.62 bits per heavy atom. The number of alkyl carbamates (subject to hydrolysis) is 1. The predicted molar refractivity (Wildman–Crippen MR) is 146 cm³/mol. The van der Waals surface area contributed by atoms with Gasteiger partial charge in [-0.2, -0.15) is 0 Å². The zero-order valence-corrected chi connectivity index (χ0v) is 23.6. The Kier molecular flexibility index (Phi) is 10.6. The van der Waals surface area contributed by atoms with Crippen molar-refractivity contribution in [3.8, 4) is 0 Å². The summed E-state index contributed by atoms with van der Waals surface area (Å²) in [5, 5.41) is 5.58. The van der Waals surface area contributed by atoms with Gasteiger partial charge in [0, 0.05) is 6.04 Å². The molecule has 0 heterocycles. The summed E-state index contributed by atoms with van der Waals surface area (Å²) in [6, 6.07) is 13.6. The molecule has 2 amide bonds. The minimum Gasteiger partial charge on any atom is -0.465 e. The molecule has 10 nitrogen and oxygen atoms in total. The van der Waals surface area contributed by atoms with Crippen molar-refractivity contribution >= 4 is 23.9 Å². The second-order valence-electron chi connectivity index (χ2n) is 10.4. The maximum atomic E-state index is 12.6. The summed E-state index contributed by atoms with van der Waals surface area (Å²) in [7, 11) is 2.69. The van der Waals surface area contributed by atoms with E-state index in [-0.39, 0.29) is 24.0 Å². The fourth-order valence-electron chi connectivity index (χ4n) is 3.52. The Morgan fingerprint density at radius 1 is 0.821 bits per heavy atom. The van der Waals surface area contributed by atoms with E-state index in [4.69, 9.17) is 10.5 Å². The molecule has 212 valence electrons. The summed E-state index contributed by atoms with van der Waals surface area (Å²) in [4.78, 5) is 47.0. The molecular weight excluding hydrogens is 502 g/mol. The van der Waals surface area contributed by atoms with Crippen LogP contribution in [0.2, 0.25) is 0 Å². The molecule has 2 aromatic rings. The lowest BCUT2D eigenvalue weighted by Gasteiger charge is -2.24. The zero-order chi connectivity index (χ0) is 29.4. The lowest BCUT2D eigenvalue weighted by atomic mass is 10.1. The van der Waals surface area contributed by atoms with E-state index in [0.29, 0.717) is 24.0 Å². The van der Waals surface area contributed by atoms with E-state index in [1.807, 2.05) is 26.0 Å². The van der Waals surface area contributed by atoms with E-state index in [1.54, 1.807) is 57.2 Å². The third-order valence-electron chi connectivity index (χ3n) is 5.96. The molecule has 0 aliphatic heterocycles. The van der Waals surface area contributed by atoms with Gasteiger partial charge in [-0.1, -0.05) is 24.3 Å². The van der Waals surface area contributed by atoms with Gasteiger partial charge in [-0.25, -0.2) is 14.4 Å². The van der Waals surface area contributed by atoms with Crippen LogP contribution in [0.3, 0.4) is 0 Å². The number of carbonyl (C=O) groups is 4. The van der Waals surface area contributed by atoms with Crippen molar-refractivity contribution in [3.63, 3.8) is 0 Å². The first-order valence-electron chi connectivity index (χ1n) is 12.7. The monoisotopic (exact) mass is 541 g/mol. The lowest BCUT2D eigenvalue weighted by molar-refractivity contribution is -0.124. The van der Waals surface area contributed by atoms with Crippen LogP contribution in [0.15, 0.2) is 48.5 Å². The molecule has 10 heteroatoms. The second kappa shape index (κ2) is 13.2. The summed E-state index contributed by atoms with van der Waals surface area (Å²) in [6.45, 7) is 9.05. The highest BCUT2D eigenvalue weighted by molar-refractivity contribution is 5.93. The van der Waals surface area contributed by atoms with Gasteiger partial charge in [-0.05, 0) is 82.9 Å². The van der Waals surface area contributed by atoms with Crippen molar-refractivity contribution in [2.24, 2.45) is 5.73 Å². The van der Waals surface area contributed by atoms with Gasteiger partial charge in [0.25, 0.3) is 0 Å². The van der Waals surface area contributed by atoms with Gasteiger partial charge < -0.3 is 30.6 Å². The minimum absolute atomic E-state index is 0.00769. The molecule has 0 unspecified atom stereocenters. The van der Waals surface area contributed by atoms with Gasteiger partial charge in [0.15, 0.2) is 0 Å². The third kappa shape index (κ3) is 9.40. The topological polar surface area (TPSA) is 146 Å². The molecule has 0 spiro atoms. The van der Waals surface area contributed by atoms with Crippen molar-refractivity contribution in [2.45, 2.75) is 70.7 Å². The van der Waals surface area contributed by atoms with Gasteiger partial charge >= 0.3 is 18.0 Å². The number of benzene rings is 2. The molecule has 0 saturated heterocycles. The summed E-state index contributed by atoms with van der Waals surface area (Å²) < 4.78 is 14.5. The molecule has 1 saturated carbocycles. The number of esters is 2. The first kappa shape index (κ1) is 31.3. The number of nitrogens with one attached hydrogen (secondary N) is 2. The normalized spacial score (nSPS) is 14.9. The molecule has 1 fully saturated rings. The first-order valence-corrected chi connectivity index (χ1v) is 12.7. The maximum Gasteiger partial charge on any atom is 0.408 e. The highest BCUT2D eigenvalue weighted by Crippen LogP contribution is 2.36. The number of hydrogen-bond donors (Lipinski definition) is 3. The van der Waals surface area contributed by atoms with Gasteiger partial charge in [-0.15, -0.1) is 0 Å². The molecule has 4 N–H and O–H groups in total. The van der Waals surface area contributed by atoms with Crippen LogP contribution < -0.4 is 16.4 Å². The lowest BCUT2D eigenvalue weighted by Crippen LogP contribution is -2.50. The van der Waals surface area contributed by atoms with Crippen molar-refractivity contribution < 1.29 is 33.4 Å². The van der Waals surface area contributed by atoms with E-state index in [1.165, 1.54) is 14.2 Å². The van der Waals surface area contributed by atoms with Crippen LogP contribution in [0.5, 0.6) is 0 Å². The Labute approximate surface area is 229 Å². The molecular formula is C29H39N3O7. The number of rotatable bonds is 7. The summed E-state index contributed by atoms with van der Waals surface area (Å²) in [6.07, 6.45) is 0.554. The van der Waals surface area contributed by atoms with Crippen LogP contribution in [-0.2, 0) is 19.0 Å². The fourth-order valence-corrected chi connectivity index (χ4v) is 3.52.